The van der Waals surface area contributed by atoms with Crippen LogP contribution in [0.3, 0.4) is 0 Å². The molecule has 13 heteroatoms. The fraction of sp³-hybridized carbons (Fsp3) is 0.381. The van der Waals surface area contributed by atoms with Crippen LogP contribution in [-0.4, -0.2) is 77.3 Å². The smallest absolute Gasteiger partial charge is 0.262 e. The zero-order valence-electron chi connectivity index (χ0n) is 30.6. The summed E-state index contributed by atoms with van der Waals surface area (Å²) < 4.78 is 2.14. The number of hydrogen-bond acceptors (Lipinski definition) is 7. The van der Waals surface area contributed by atoms with E-state index in [0.717, 1.165) is 85.2 Å². The van der Waals surface area contributed by atoms with Gasteiger partial charge in [-0.3, -0.25) is 34.2 Å². The van der Waals surface area contributed by atoms with Crippen molar-refractivity contribution >= 4 is 69.0 Å². The van der Waals surface area contributed by atoms with Crippen LogP contribution in [0, 0.1) is 12.5 Å². The summed E-state index contributed by atoms with van der Waals surface area (Å²) in [6, 6.07) is 16.4. The number of rotatable bonds is 8. The van der Waals surface area contributed by atoms with Crippen molar-refractivity contribution in [2.45, 2.75) is 76.0 Å². The third kappa shape index (κ3) is 7.16. The lowest BCUT2D eigenvalue weighted by molar-refractivity contribution is -0.136. The maximum atomic E-state index is 13.3. The quantitative estimate of drug-likeness (QED) is 0.159. The van der Waals surface area contributed by atoms with Crippen molar-refractivity contribution in [3.8, 4) is 0 Å². The summed E-state index contributed by atoms with van der Waals surface area (Å²) in [5.41, 5.74) is 3.79. The van der Waals surface area contributed by atoms with Crippen LogP contribution in [0.5, 0.6) is 0 Å². The van der Waals surface area contributed by atoms with Gasteiger partial charge in [-0.15, -0.1) is 0 Å². The molecule has 4 heterocycles. The minimum Gasteiger partial charge on any atom is -0.372 e. The summed E-state index contributed by atoms with van der Waals surface area (Å²) in [5, 5.41) is 7.66. The van der Waals surface area contributed by atoms with E-state index in [4.69, 9.17) is 18.2 Å². The van der Waals surface area contributed by atoms with Crippen molar-refractivity contribution in [3.05, 3.63) is 100 Å². The molecule has 4 aliphatic rings. The van der Waals surface area contributed by atoms with Crippen LogP contribution in [0.15, 0.2) is 67.0 Å². The second-order valence-electron chi connectivity index (χ2n) is 15.2. The molecular formula is C42H42ClN7O5. The first-order valence-corrected chi connectivity index (χ1v) is 19.3. The molecule has 3 aromatic carbocycles. The van der Waals surface area contributed by atoms with Gasteiger partial charge in [-0.2, -0.15) is 0 Å². The third-order valence-corrected chi connectivity index (χ3v) is 12.2. The number of anilines is 2. The van der Waals surface area contributed by atoms with Gasteiger partial charge in [0.15, 0.2) is 0 Å². The van der Waals surface area contributed by atoms with Crippen LogP contribution >= 0.6 is 11.6 Å². The average Bonchev–Trinajstić information content (AvgIpc) is 3.69. The Labute approximate surface area is 324 Å². The monoisotopic (exact) mass is 759 g/mol. The molecule has 1 saturated carbocycles. The van der Waals surface area contributed by atoms with Crippen LogP contribution in [0.25, 0.3) is 15.6 Å². The standard InChI is InChI=1S/C42H42ClN7O5/c1-44-36-12-11-32(21-35(36)43)47(2)30-9-5-29(6-10-30)45-39(52)26-3-7-31(8-4-26)49-17-15-25(16-18-49)22-48-23-27-19-33-34(20-28(27)24-48)42(55)50(41(33)54)37-13-14-38(51)46-40(37)53/h3-4,7-8,11-12,19-21,23-25,29-30,37H,5-6,9-10,13-18,22H2,2H3,(H,45,52)(H,46,51,53). The van der Waals surface area contributed by atoms with Gasteiger partial charge >= 0.3 is 0 Å². The Hall–Kier alpha value is -5.67. The molecule has 282 valence electrons. The zero-order chi connectivity index (χ0) is 38.4. The molecule has 8 rings (SSSR count). The van der Waals surface area contributed by atoms with Crippen LogP contribution in [0.2, 0.25) is 5.02 Å². The maximum Gasteiger partial charge on any atom is 0.262 e. The summed E-state index contributed by atoms with van der Waals surface area (Å²) in [7, 11) is 2.06. The molecule has 1 unspecified atom stereocenters. The van der Waals surface area contributed by atoms with Crippen molar-refractivity contribution in [1.29, 1.82) is 0 Å². The normalized spacial score (nSPS) is 21.7. The Morgan fingerprint density at radius 3 is 2.15 bits per heavy atom. The second kappa shape index (κ2) is 14.9. The average molecular weight is 760 g/mol. The van der Waals surface area contributed by atoms with Gasteiger partial charge in [-0.1, -0.05) is 17.7 Å². The SMILES string of the molecule is [C-]#[N+]c1ccc(N(C)C2CCC(NC(=O)c3ccc(N4CCC(Cn5cc6cc7c(cc6c5)C(=O)N(C5CCC(=O)NC5=O)C7=O)CC4)cc3)CC2)cc1Cl. The lowest BCUT2D eigenvalue weighted by Gasteiger charge is -2.36. The minimum absolute atomic E-state index is 0.0479. The van der Waals surface area contributed by atoms with Gasteiger partial charge in [0.25, 0.3) is 17.7 Å². The van der Waals surface area contributed by atoms with Crippen molar-refractivity contribution in [2.24, 2.45) is 5.92 Å². The molecule has 0 bridgehead atoms. The van der Waals surface area contributed by atoms with E-state index in [0.29, 0.717) is 28.2 Å². The van der Waals surface area contributed by atoms with E-state index in [1.165, 1.54) is 0 Å². The summed E-state index contributed by atoms with van der Waals surface area (Å²) in [6.45, 7) is 9.84. The number of nitrogens with zero attached hydrogens (tertiary/aromatic N) is 5. The molecule has 2 saturated heterocycles. The molecule has 1 aliphatic carbocycles. The Bertz CT molecular complexity index is 2190. The van der Waals surface area contributed by atoms with E-state index in [9.17, 15) is 24.0 Å². The summed E-state index contributed by atoms with van der Waals surface area (Å²) >= 11 is 6.27. The number of benzene rings is 3. The number of amides is 5. The van der Waals surface area contributed by atoms with Gasteiger partial charge in [-0.25, -0.2) is 4.85 Å². The number of aromatic nitrogens is 1. The van der Waals surface area contributed by atoms with E-state index in [1.807, 2.05) is 48.8 Å². The van der Waals surface area contributed by atoms with Crippen molar-refractivity contribution in [1.82, 2.24) is 20.1 Å². The van der Waals surface area contributed by atoms with E-state index in [-0.39, 0.29) is 35.9 Å². The molecule has 1 atom stereocenters. The molecule has 4 aromatic rings. The largest absolute Gasteiger partial charge is 0.372 e. The van der Waals surface area contributed by atoms with Gasteiger partial charge in [0.1, 0.15) is 6.04 Å². The highest BCUT2D eigenvalue weighted by Gasteiger charge is 2.44. The van der Waals surface area contributed by atoms with E-state index in [2.05, 4.69) is 36.9 Å². The molecule has 5 amide bonds. The van der Waals surface area contributed by atoms with Crippen LogP contribution in [0.4, 0.5) is 17.1 Å². The number of piperidine rings is 2. The molecular weight excluding hydrogens is 718 g/mol. The summed E-state index contributed by atoms with van der Waals surface area (Å²) in [6.07, 6.45) is 9.94. The van der Waals surface area contributed by atoms with E-state index in [1.54, 1.807) is 18.2 Å². The van der Waals surface area contributed by atoms with Gasteiger partial charge in [0, 0.05) is 90.3 Å². The second-order valence-corrected chi connectivity index (χ2v) is 15.7. The van der Waals surface area contributed by atoms with Gasteiger partial charge in [0.2, 0.25) is 17.5 Å². The number of carbonyl (C=O) groups is 5. The van der Waals surface area contributed by atoms with Crippen molar-refractivity contribution in [2.75, 3.05) is 29.9 Å². The fourth-order valence-corrected chi connectivity index (χ4v) is 8.88. The van der Waals surface area contributed by atoms with Gasteiger partial charge in [-0.05, 0) is 99.4 Å². The first-order chi connectivity index (χ1) is 26.6. The first kappa shape index (κ1) is 36.3. The predicted octanol–water partition coefficient (Wildman–Crippen LogP) is 6.34. The van der Waals surface area contributed by atoms with E-state index < -0.39 is 29.7 Å². The Morgan fingerprint density at radius 1 is 0.891 bits per heavy atom. The molecule has 0 radical (unpaired) electrons. The lowest BCUT2D eigenvalue weighted by Crippen LogP contribution is -2.54. The van der Waals surface area contributed by atoms with Crippen LogP contribution < -0.4 is 20.4 Å². The number of halogens is 1. The Morgan fingerprint density at radius 2 is 1.55 bits per heavy atom. The fourth-order valence-electron chi connectivity index (χ4n) is 8.66. The highest BCUT2D eigenvalue weighted by atomic mass is 35.5. The van der Waals surface area contributed by atoms with Crippen molar-refractivity contribution < 1.29 is 24.0 Å². The number of carbonyl (C=O) groups excluding carboxylic acids is 5. The van der Waals surface area contributed by atoms with Gasteiger partial charge in [0.05, 0.1) is 17.7 Å². The maximum absolute atomic E-state index is 13.3. The number of fused-ring (bicyclic) bond motifs is 2. The number of imide groups is 2. The molecule has 55 heavy (non-hydrogen) atoms. The number of nitrogens with one attached hydrogen (secondary N) is 2. The summed E-state index contributed by atoms with van der Waals surface area (Å²) in [4.78, 5) is 72.8. The lowest BCUT2D eigenvalue weighted by atomic mass is 9.90. The van der Waals surface area contributed by atoms with Crippen molar-refractivity contribution in [3.63, 3.8) is 0 Å². The molecule has 3 aliphatic heterocycles. The van der Waals surface area contributed by atoms with Crippen LogP contribution in [0.1, 0.15) is 82.4 Å². The minimum atomic E-state index is -0.980. The Balaban J connectivity index is 0.810. The molecule has 3 fully saturated rings. The molecule has 0 spiro atoms. The molecule has 12 nitrogen and oxygen atoms in total. The highest BCUT2D eigenvalue weighted by molar-refractivity contribution is 6.33. The zero-order valence-corrected chi connectivity index (χ0v) is 31.3. The summed E-state index contributed by atoms with van der Waals surface area (Å²) in [5.74, 6) is -1.60. The van der Waals surface area contributed by atoms with Gasteiger partial charge < -0.3 is 19.7 Å². The number of hydrogen-bond donors (Lipinski definition) is 2. The molecule has 1 aromatic heterocycles. The topological polar surface area (TPSA) is 128 Å². The Kier molecular flexibility index (Phi) is 9.82. The van der Waals surface area contributed by atoms with Crippen LogP contribution in [-0.2, 0) is 16.1 Å². The predicted molar refractivity (Wildman–Crippen MR) is 210 cm³/mol. The first-order valence-electron chi connectivity index (χ1n) is 19.0. The highest BCUT2D eigenvalue weighted by Crippen LogP contribution is 2.34. The molecule has 2 N–H and O–H groups in total. The van der Waals surface area contributed by atoms with E-state index >= 15 is 0 Å². The third-order valence-electron chi connectivity index (χ3n) is 11.9.